The lowest BCUT2D eigenvalue weighted by atomic mass is 10.1. The molecule has 1 aliphatic heterocycles. The van der Waals surface area contributed by atoms with Crippen LogP contribution in [0.3, 0.4) is 0 Å². The molecule has 1 saturated carbocycles. The van der Waals surface area contributed by atoms with Gasteiger partial charge in [-0.2, -0.15) is 18.3 Å². The zero-order chi connectivity index (χ0) is 22.4. The van der Waals surface area contributed by atoms with Crippen molar-refractivity contribution in [2.24, 2.45) is 5.92 Å². The van der Waals surface area contributed by atoms with Crippen LogP contribution in [-0.4, -0.2) is 34.9 Å². The predicted octanol–water partition coefficient (Wildman–Crippen LogP) is 3.05. The molecule has 1 aromatic heterocycles. The Kier molecular flexibility index (Phi) is 4.96. The molecule has 2 aliphatic rings. The molecular formula is C19H15F3N4O4S. The van der Waals surface area contributed by atoms with Gasteiger partial charge in [-0.05, 0) is 31.0 Å². The minimum absolute atomic E-state index is 0.00988. The molecule has 1 fully saturated rings. The number of sulfone groups is 1. The first-order valence-electron chi connectivity index (χ1n) is 9.05. The minimum atomic E-state index is -4.63. The molecule has 12 heteroatoms. The Morgan fingerprint density at radius 1 is 1.13 bits per heavy atom. The number of aromatic nitrogens is 2. The molecule has 2 heterocycles. The highest BCUT2D eigenvalue weighted by atomic mass is 32.2. The summed E-state index contributed by atoms with van der Waals surface area (Å²) in [5.74, 6) is -1.01. The average Bonchev–Trinajstić information content (AvgIpc) is 3.43. The second-order valence-corrected chi connectivity index (χ2v) is 8.76. The molecule has 1 aliphatic carbocycles. The van der Waals surface area contributed by atoms with E-state index in [-0.39, 0.29) is 23.1 Å². The standard InChI is InChI=1S/C19H15F3N4O4S/c20-19(21,22)13-10-23-26(11-13)16-9-14(24-17(27)12-1-2-12)3-4-15(16)18(28)25-5-7-31(29,30)8-6-25/h3-12H,1-2H2,(H,24,27). The monoisotopic (exact) mass is 452 g/mol. The highest BCUT2D eigenvalue weighted by Gasteiger charge is 2.33. The Hall–Kier alpha value is -3.41. The largest absolute Gasteiger partial charge is 0.419 e. The zero-order valence-corrected chi connectivity index (χ0v) is 16.5. The molecule has 0 bridgehead atoms. The number of nitrogens with zero attached hydrogens (tertiary/aromatic N) is 3. The van der Waals surface area contributed by atoms with Gasteiger partial charge in [0.2, 0.25) is 5.91 Å². The van der Waals surface area contributed by atoms with Crippen molar-refractivity contribution in [1.29, 1.82) is 0 Å². The summed E-state index contributed by atoms with van der Waals surface area (Å²) in [4.78, 5) is 26.0. The molecule has 0 spiro atoms. The van der Waals surface area contributed by atoms with Crippen LogP contribution in [0.2, 0.25) is 0 Å². The van der Waals surface area contributed by atoms with Crippen molar-refractivity contribution in [3.05, 3.63) is 64.9 Å². The van der Waals surface area contributed by atoms with Crippen molar-refractivity contribution >= 4 is 27.3 Å². The number of rotatable bonds is 4. The van der Waals surface area contributed by atoms with E-state index in [9.17, 15) is 31.2 Å². The lowest BCUT2D eigenvalue weighted by Gasteiger charge is -2.19. The number of hydrogen-bond donors (Lipinski definition) is 1. The summed E-state index contributed by atoms with van der Waals surface area (Å²) in [7, 11) is -3.57. The normalized spacial score (nSPS) is 17.6. The number of anilines is 1. The van der Waals surface area contributed by atoms with Crippen LogP contribution in [0.1, 0.15) is 28.8 Å². The first-order valence-corrected chi connectivity index (χ1v) is 10.7. The van der Waals surface area contributed by atoms with E-state index in [0.717, 1.165) is 51.8 Å². The number of carbonyl (C=O) groups excluding carboxylic acids is 2. The molecule has 31 heavy (non-hydrogen) atoms. The Balaban J connectivity index is 1.73. The van der Waals surface area contributed by atoms with Crippen molar-refractivity contribution < 1.29 is 31.2 Å². The summed E-state index contributed by atoms with van der Waals surface area (Å²) >= 11 is 0. The fraction of sp³-hybridized carbons (Fsp3) is 0.211. The van der Waals surface area contributed by atoms with E-state index in [1.54, 1.807) is 0 Å². The van der Waals surface area contributed by atoms with Crippen molar-refractivity contribution in [1.82, 2.24) is 14.7 Å². The van der Waals surface area contributed by atoms with Crippen LogP contribution in [0, 0.1) is 5.92 Å². The highest BCUT2D eigenvalue weighted by Crippen LogP contribution is 2.32. The number of halogens is 3. The van der Waals surface area contributed by atoms with Crippen LogP contribution in [-0.2, 0) is 20.8 Å². The summed E-state index contributed by atoms with van der Waals surface area (Å²) in [6, 6.07) is 4.12. The van der Waals surface area contributed by atoms with E-state index in [1.165, 1.54) is 18.2 Å². The van der Waals surface area contributed by atoms with E-state index in [2.05, 4.69) is 10.4 Å². The van der Waals surface area contributed by atoms with Crippen molar-refractivity contribution in [3.63, 3.8) is 0 Å². The average molecular weight is 452 g/mol. The van der Waals surface area contributed by atoms with Gasteiger partial charge in [0.05, 0.1) is 33.8 Å². The van der Waals surface area contributed by atoms with Gasteiger partial charge in [0.15, 0.2) is 9.84 Å². The van der Waals surface area contributed by atoms with Crippen LogP contribution >= 0.6 is 0 Å². The quantitative estimate of drug-likeness (QED) is 0.769. The summed E-state index contributed by atoms with van der Waals surface area (Å²) < 4.78 is 62.9. The van der Waals surface area contributed by atoms with E-state index >= 15 is 0 Å². The topological polar surface area (TPSA) is 101 Å². The minimum Gasteiger partial charge on any atom is -0.326 e. The summed E-state index contributed by atoms with van der Waals surface area (Å²) in [5, 5.41) is 8.03. The molecule has 4 rings (SSSR count). The van der Waals surface area contributed by atoms with Crippen LogP contribution < -0.4 is 5.32 Å². The molecule has 0 saturated heterocycles. The molecule has 1 aromatic carbocycles. The van der Waals surface area contributed by atoms with E-state index in [1.807, 2.05) is 0 Å². The van der Waals surface area contributed by atoms with Crippen LogP contribution in [0.25, 0.3) is 5.69 Å². The Morgan fingerprint density at radius 3 is 2.39 bits per heavy atom. The third-order valence-electron chi connectivity index (χ3n) is 4.66. The lowest BCUT2D eigenvalue weighted by Crippen LogP contribution is -2.24. The van der Waals surface area contributed by atoms with Gasteiger partial charge in [-0.15, -0.1) is 0 Å². The Morgan fingerprint density at radius 2 is 1.81 bits per heavy atom. The van der Waals surface area contributed by atoms with Gasteiger partial charge in [-0.1, -0.05) is 0 Å². The van der Waals surface area contributed by atoms with E-state index < -0.39 is 27.5 Å². The predicted molar refractivity (Wildman–Crippen MR) is 103 cm³/mol. The molecular weight excluding hydrogens is 437 g/mol. The maximum atomic E-state index is 13.0. The summed E-state index contributed by atoms with van der Waals surface area (Å²) in [6.45, 7) is 0. The van der Waals surface area contributed by atoms with Crippen LogP contribution in [0.4, 0.5) is 18.9 Å². The second kappa shape index (κ2) is 7.38. The van der Waals surface area contributed by atoms with Gasteiger partial charge >= 0.3 is 6.18 Å². The number of hydrogen-bond acceptors (Lipinski definition) is 5. The molecule has 0 unspecified atom stereocenters. The van der Waals surface area contributed by atoms with Crippen molar-refractivity contribution in [2.45, 2.75) is 19.0 Å². The van der Waals surface area contributed by atoms with E-state index in [4.69, 9.17) is 0 Å². The van der Waals surface area contributed by atoms with Gasteiger partial charge in [0.25, 0.3) is 5.91 Å². The van der Waals surface area contributed by atoms with Gasteiger partial charge in [-0.25, -0.2) is 13.1 Å². The molecule has 0 atom stereocenters. The molecule has 8 nitrogen and oxygen atoms in total. The van der Waals surface area contributed by atoms with Crippen molar-refractivity contribution in [2.75, 3.05) is 5.32 Å². The van der Waals surface area contributed by atoms with Crippen LogP contribution in [0.5, 0.6) is 0 Å². The number of amides is 2. The summed E-state index contributed by atoms with van der Waals surface area (Å²) in [5.41, 5.74) is -0.777. The molecule has 0 radical (unpaired) electrons. The van der Waals surface area contributed by atoms with E-state index in [0.29, 0.717) is 11.9 Å². The Bertz CT molecular complexity index is 1210. The number of carbonyl (C=O) groups is 2. The molecule has 2 amide bonds. The third-order valence-corrected chi connectivity index (χ3v) is 5.66. The first kappa shape index (κ1) is 20.8. The smallest absolute Gasteiger partial charge is 0.326 e. The Labute approximate surface area is 174 Å². The van der Waals surface area contributed by atoms with Crippen molar-refractivity contribution in [3.8, 4) is 5.69 Å². The molecule has 162 valence electrons. The van der Waals surface area contributed by atoms with Gasteiger partial charge < -0.3 is 5.32 Å². The second-order valence-electron chi connectivity index (χ2n) is 7.04. The summed E-state index contributed by atoms with van der Waals surface area (Å²) in [6.07, 6.45) is 0.317. The van der Waals surface area contributed by atoms with Gasteiger partial charge in [0.1, 0.15) is 0 Å². The highest BCUT2D eigenvalue weighted by molar-refractivity contribution is 7.97. The number of benzene rings is 1. The maximum absolute atomic E-state index is 13.0. The maximum Gasteiger partial charge on any atom is 0.419 e. The van der Waals surface area contributed by atoms with Gasteiger partial charge in [-0.3, -0.25) is 14.5 Å². The number of nitrogens with one attached hydrogen (secondary N) is 1. The molecule has 2 aromatic rings. The lowest BCUT2D eigenvalue weighted by molar-refractivity contribution is -0.137. The zero-order valence-electron chi connectivity index (χ0n) is 15.7. The first-order chi connectivity index (χ1) is 14.5. The third kappa shape index (κ3) is 4.53. The fourth-order valence-corrected chi connectivity index (χ4v) is 3.53. The SMILES string of the molecule is O=C(Nc1ccc(C(=O)N2C=CS(=O)(=O)C=C2)c(-n2cc(C(F)(F)F)cn2)c1)C1CC1. The van der Waals surface area contributed by atoms with Crippen LogP contribution in [0.15, 0.2) is 53.8 Å². The fourth-order valence-electron chi connectivity index (χ4n) is 2.84. The van der Waals surface area contributed by atoms with Gasteiger partial charge in [0, 0.05) is 30.2 Å². The number of alkyl halides is 3. The molecule has 1 N–H and O–H groups in total.